The summed E-state index contributed by atoms with van der Waals surface area (Å²) in [7, 11) is 0. The summed E-state index contributed by atoms with van der Waals surface area (Å²) >= 11 is 7.11. The molecule has 5 heterocycles. The second-order valence-electron chi connectivity index (χ2n) is 31.0. The van der Waals surface area contributed by atoms with Crippen molar-refractivity contribution in [3.8, 4) is 0 Å². The molecule has 1 N–H and O–H groups in total. The van der Waals surface area contributed by atoms with E-state index in [2.05, 4.69) is 370 Å². The normalized spacial score (nSPS) is 12.2. The number of fused-ring (bicyclic) bond motifs is 19. The Kier molecular flexibility index (Phi) is 16.7. The predicted octanol–water partition coefficient (Wildman–Crippen LogP) is 31.0. The van der Waals surface area contributed by atoms with Crippen LogP contribution in [0.25, 0.3) is 131 Å². The predicted molar refractivity (Wildman–Crippen MR) is 461 cm³/mol. The maximum atomic E-state index is 7.06. The Morgan fingerprint density at radius 2 is 0.648 bits per heavy atom. The zero-order valence-corrected chi connectivity index (χ0v) is 64.7. The summed E-state index contributed by atoms with van der Waals surface area (Å²) in [6, 6.07) is 104. The third-order valence-electron chi connectivity index (χ3n) is 20.8. The molecule has 10 heteroatoms. The highest BCUT2D eigenvalue weighted by atomic mass is 79.9. The second kappa shape index (κ2) is 26.6. The van der Waals surface area contributed by atoms with Crippen molar-refractivity contribution in [2.24, 2.45) is 0 Å². The number of rotatable bonds is 8. The van der Waals surface area contributed by atoms with Crippen molar-refractivity contribution in [1.82, 2.24) is 0 Å². The van der Waals surface area contributed by atoms with Gasteiger partial charge in [-0.15, -0.1) is 0 Å². The molecule has 0 aliphatic carbocycles. The van der Waals surface area contributed by atoms with E-state index in [1.54, 1.807) is 0 Å². The standard InChI is InChI=1S/C60H48N2O3.C22H21NO.C16H8Br2O/c1-59(2,3)47-29-15-25-42-44-27-17-31-49(57(44)64-55(42)47)61(37-19-9-7-10-20-37)39-33-34-46-52(35-39)63-53-36-51(40-23-13-14-24-41(40)54(46)53)62(38-21-11-8-12-22-38)50-32-18-28-45-43-26-16-30-48(60(4,5)6)56(43)65-58(45)50;1-22(2,3)18-13-7-11-16-17-12-8-14-19(21(17)24-20(16)18)23-15-9-5-4-6-10-15;17-9-5-6-12-14(7-9)19-15-8-13(18)10-3-1-2-4-11(10)16(12)15/h7-36H,1-6H3;4-14,23H,1-3H3;1-8H. The van der Waals surface area contributed by atoms with Gasteiger partial charge in [0, 0.05) is 114 Å². The Morgan fingerprint density at radius 3 is 1.18 bits per heavy atom. The van der Waals surface area contributed by atoms with Crippen LogP contribution in [0.2, 0.25) is 0 Å². The lowest BCUT2D eigenvalue weighted by Crippen LogP contribution is -2.11. The lowest BCUT2D eigenvalue weighted by molar-refractivity contribution is 0.572. The Bertz CT molecular complexity index is 6880. The molecule has 0 bridgehead atoms. The Hall–Kier alpha value is -11.8. The van der Waals surface area contributed by atoms with Crippen molar-refractivity contribution < 1.29 is 22.1 Å². The molecule has 0 saturated carbocycles. The van der Waals surface area contributed by atoms with E-state index in [-0.39, 0.29) is 16.2 Å². The van der Waals surface area contributed by atoms with Crippen LogP contribution in [0.15, 0.2) is 328 Å². The van der Waals surface area contributed by atoms with Crippen molar-refractivity contribution in [3.05, 3.63) is 323 Å². The van der Waals surface area contributed by atoms with Gasteiger partial charge in [0.15, 0.2) is 16.7 Å². The molecule has 0 radical (unpaired) electrons. The van der Waals surface area contributed by atoms with Gasteiger partial charge in [0.25, 0.3) is 0 Å². The van der Waals surface area contributed by atoms with Crippen LogP contribution in [-0.4, -0.2) is 0 Å². The molecule has 5 aromatic heterocycles. The Balaban J connectivity index is 0.000000154. The van der Waals surface area contributed by atoms with E-state index in [0.29, 0.717) is 0 Å². The molecule has 20 rings (SSSR count). The molecule has 0 unspecified atom stereocenters. The fraction of sp³-hybridized carbons (Fsp3) is 0.122. The van der Waals surface area contributed by atoms with Crippen molar-refractivity contribution in [1.29, 1.82) is 0 Å². The van der Waals surface area contributed by atoms with Crippen LogP contribution in [0.3, 0.4) is 0 Å². The van der Waals surface area contributed by atoms with Gasteiger partial charge in [0.1, 0.15) is 39.1 Å². The first-order valence-corrected chi connectivity index (χ1v) is 38.3. The van der Waals surface area contributed by atoms with E-state index in [1.165, 1.54) is 38.2 Å². The molecule has 20 aromatic rings. The molecule has 0 spiro atoms. The number of halogens is 2. The average molecular weight is 1540 g/mol. The summed E-state index contributed by atoms with van der Waals surface area (Å²) in [6.45, 7) is 20.1. The van der Waals surface area contributed by atoms with Gasteiger partial charge in [0.05, 0.1) is 28.4 Å². The first-order chi connectivity index (χ1) is 52.3. The average Bonchev–Trinajstić information content (AvgIpc) is 1.70. The highest BCUT2D eigenvalue weighted by Crippen LogP contribution is 2.51. The zero-order chi connectivity index (χ0) is 73.9. The van der Waals surface area contributed by atoms with E-state index in [9.17, 15) is 0 Å². The number of hydrogen-bond acceptors (Lipinski definition) is 8. The smallest absolute Gasteiger partial charge is 0.159 e. The van der Waals surface area contributed by atoms with Gasteiger partial charge in [-0.2, -0.15) is 0 Å². The minimum atomic E-state index is -0.0932. The highest BCUT2D eigenvalue weighted by molar-refractivity contribution is 9.11. The maximum absolute atomic E-state index is 7.06. The fourth-order valence-electron chi connectivity index (χ4n) is 15.8. The number of nitrogens with zero attached hydrogens (tertiary/aromatic N) is 2. The Morgan fingerprint density at radius 1 is 0.259 bits per heavy atom. The van der Waals surface area contributed by atoms with Gasteiger partial charge in [0.2, 0.25) is 0 Å². The van der Waals surface area contributed by atoms with Crippen LogP contribution >= 0.6 is 31.9 Å². The number of furan rings is 5. The summed E-state index contributed by atoms with van der Waals surface area (Å²) in [4.78, 5) is 4.62. The van der Waals surface area contributed by atoms with Gasteiger partial charge in [-0.25, -0.2) is 0 Å². The van der Waals surface area contributed by atoms with Crippen LogP contribution in [0, 0.1) is 0 Å². The number of para-hydroxylation sites is 9. The number of benzene rings is 15. The lowest BCUT2D eigenvalue weighted by Gasteiger charge is -2.27. The maximum Gasteiger partial charge on any atom is 0.159 e. The minimum Gasteiger partial charge on any atom is -0.456 e. The SMILES string of the molecule is Brc1ccc2c(c1)oc1cc(Br)c3ccccc3c12.CC(C)(C)c1cccc2c1oc1c(N(c3ccccc3)c3ccc4c(c3)oc3cc(N(c5ccccc5)c5cccc6c5oc5c(C(C)(C)C)cccc56)c5ccccc5c34)cccc12.CC(C)(C)c1cccc2c1oc1c(Nc3ccccc3)cccc12. The largest absolute Gasteiger partial charge is 0.456 e. The van der Waals surface area contributed by atoms with Gasteiger partial charge in [-0.05, 0) is 123 Å². The van der Waals surface area contributed by atoms with Gasteiger partial charge >= 0.3 is 0 Å². The molecule has 0 atom stereocenters. The summed E-state index contributed by atoms with van der Waals surface area (Å²) < 4.78 is 35.4. The van der Waals surface area contributed by atoms with Crippen LogP contribution < -0.4 is 15.1 Å². The van der Waals surface area contributed by atoms with E-state index < -0.39 is 0 Å². The summed E-state index contributed by atoms with van der Waals surface area (Å²) in [5, 5.41) is 19.3. The van der Waals surface area contributed by atoms with Crippen molar-refractivity contribution in [2.75, 3.05) is 15.1 Å². The van der Waals surface area contributed by atoms with Gasteiger partial charge < -0.3 is 37.2 Å². The third kappa shape index (κ3) is 11.9. The molecule has 528 valence electrons. The monoisotopic (exact) mass is 1530 g/mol. The first-order valence-electron chi connectivity index (χ1n) is 36.7. The van der Waals surface area contributed by atoms with E-state index in [0.717, 1.165) is 164 Å². The fourth-order valence-corrected chi connectivity index (χ4v) is 16.7. The molecule has 0 amide bonds. The topological polar surface area (TPSA) is 84.2 Å². The molecule has 0 aliphatic rings. The van der Waals surface area contributed by atoms with Crippen molar-refractivity contribution >= 4 is 209 Å². The third-order valence-corrected chi connectivity index (χ3v) is 22.0. The minimum absolute atomic E-state index is 0.0421. The quantitative estimate of drug-likeness (QED) is 0.161. The second-order valence-corrected chi connectivity index (χ2v) is 32.8. The molecule has 0 saturated heterocycles. The van der Waals surface area contributed by atoms with E-state index >= 15 is 0 Å². The molecule has 0 aliphatic heterocycles. The molecular weight excluding hydrogens is 1460 g/mol. The Labute approximate surface area is 642 Å². The molecular formula is C98H77Br2N3O5. The van der Waals surface area contributed by atoms with Crippen LogP contribution in [0.4, 0.5) is 45.5 Å². The summed E-state index contributed by atoms with van der Waals surface area (Å²) in [6.07, 6.45) is 0. The number of anilines is 8. The van der Waals surface area contributed by atoms with Gasteiger partial charge in [-0.3, -0.25) is 0 Å². The molecule has 8 nitrogen and oxygen atoms in total. The number of nitrogens with one attached hydrogen (secondary N) is 1. The highest BCUT2D eigenvalue weighted by Gasteiger charge is 2.29. The van der Waals surface area contributed by atoms with Crippen molar-refractivity contribution in [3.63, 3.8) is 0 Å². The number of hydrogen-bond donors (Lipinski definition) is 1. The molecule has 108 heavy (non-hydrogen) atoms. The summed E-state index contributed by atoms with van der Waals surface area (Å²) in [5.41, 5.74) is 20.3. The summed E-state index contributed by atoms with van der Waals surface area (Å²) in [5.74, 6) is 0. The lowest BCUT2D eigenvalue weighted by atomic mass is 9.86. The van der Waals surface area contributed by atoms with E-state index in [4.69, 9.17) is 22.1 Å². The van der Waals surface area contributed by atoms with Crippen LogP contribution in [0.1, 0.15) is 79.0 Å². The molecule has 0 fully saturated rings. The first kappa shape index (κ1) is 68.0. The van der Waals surface area contributed by atoms with Gasteiger partial charge in [-0.1, -0.05) is 288 Å². The van der Waals surface area contributed by atoms with Crippen LogP contribution in [-0.2, 0) is 16.2 Å². The van der Waals surface area contributed by atoms with Crippen molar-refractivity contribution in [2.45, 2.75) is 78.6 Å². The zero-order valence-electron chi connectivity index (χ0n) is 61.5. The van der Waals surface area contributed by atoms with E-state index in [1.807, 2.05) is 36.4 Å². The van der Waals surface area contributed by atoms with Crippen LogP contribution in [0.5, 0.6) is 0 Å². The molecule has 15 aromatic carbocycles.